The van der Waals surface area contributed by atoms with Crippen LogP contribution in [0.15, 0.2) is 35.2 Å². The summed E-state index contributed by atoms with van der Waals surface area (Å²) in [5.41, 5.74) is 0. The molecule has 5 heteroatoms. The Morgan fingerprint density at radius 1 is 1.26 bits per heavy atom. The van der Waals surface area contributed by atoms with E-state index in [2.05, 4.69) is 10.6 Å². The predicted octanol–water partition coefficient (Wildman–Crippen LogP) is 1.81. The van der Waals surface area contributed by atoms with Crippen molar-refractivity contribution in [3.05, 3.63) is 30.3 Å². The van der Waals surface area contributed by atoms with Gasteiger partial charge in [-0.1, -0.05) is 25.1 Å². The van der Waals surface area contributed by atoms with E-state index < -0.39 is 6.04 Å². The van der Waals surface area contributed by atoms with E-state index in [9.17, 15) is 9.59 Å². The number of amides is 2. The molecule has 1 aromatic carbocycles. The number of carbonyl (C=O) groups excluding carboxylic acids is 2. The monoisotopic (exact) mass is 280 g/mol. The fraction of sp³-hybridized carbons (Fsp3) is 0.429. The molecule has 1 unspecified atom stereocenters. The highest BCUT2D eigenvalue weighted by molar-refractivity contribution is 8.00. The highest BCUT2D eigenvalue weighted by atomic mass is 32.2. The highest BCUT2D eigenvalue weighted by Gasteiger charge is 2.14. The third-order valence-corrected chi connectivity index (χ3v) is 3.45. The van der Waals surface area contributed by atoms with Crippen molar-refractivity contribution < 1.29 is 9.59 Å². The van der Waals surface area contributed by atoms with Crippen LogP contribution in [0.2, 0.25) is 0 Å². The molecule has 0 aliphatic carbocycles. The maximum Gasteiger partial charge on any atom is 0.242 e. The topological polar surface area (TPSA) is 58.2 Å². The van der Waals surface area contributed by atoms with Gasteiger partial charge in [-0.3, -0.25) is 9.59 Å². The number of carbonyl (C=O) groups is 2. The Balaban J connectivity index is 2.29. The van der Waals surface area contributed by atoms with Crippen molar-refractivity contribution in [1.29, 1.82) is 0 Å². The second-order valence-electron chi connectivity index (χ2n) is 4.18. The van der Waals surface area contributed by atoms with Crippen LogP contribution in [0, 0.1) is 0 Å². The molecule has 0 aliphatic rings. The van der Waals surface area contributed by atoms with Crippen LogP contribution in [-0.4, -0.2) is 30.2 Å². The molecule has 0 radical (unpaired) electrons. The number of nitrogens with one attached hydrogen (secondary N) is 2. The second-order valence-corrected chi connectivity index (χ2v) is 5.23. The Morgan fingerprint density at radius 2 is 1.95 bits per heavy atom. The Bertz CT molecular complexity index is 409. The van der Waals surface area contributed by atoms with Crippen molar-refractivity contribution in [2.75, 3.05) is 12.3 Å². The first-order valence-electron chi connectivity index (χ1n) is 6.38. The van der Waals surface area contributed by atoms with E-state index in [0.29, 0.717) is 12.3 Å². The summed E-state index contributed by atoms with van der Waals surface area (Å²) in [5.74, 6) is 0.0444. The summed E-state index contributed by atoms with van der Waals surface area (Å²) in [6.07, 6.45) is 0.885. The van der Waals surface area contributed by atoms with E-state index in [4.69, 9.17) is 0 Å². The number of hydrogen-bond acceptors (Lipinski definition) is 3. The van der Waals surface area contributed by atoms with Gasteiger partial charge in [-0.2, -0.15) is 0 Å². The summed E-state index contributed by atoms with van der Waals surface area (Å²) in [5, 5.41) is 5.44. The van der Waals surface area contributed by atoms with E-state index >= 15 is 0 Å². The van der Waals surface area contributed by atoms with E-state index in [1.807, 2.05) is 37.3 Å². The molecule has 0 bridgehead atoms. The Kier molecular flexibility index (Phi) is 7.03. The number of hydrogen-bond donors (Lipinski definition) is 2. The fourth-order valence-corrected chi connectivity index (χ4v) is 2.15. The van der Waals surface area contributed by atoms with E-state index in [1.165, 1.54) is 11.8 Å². The van der Waals surface area contributed by atoms with Gasteiger partial charge in [-0.15, -0.1) is 11.8 Å². The molecule has 1 rings (SSSR count). The molecule has 0 aromatic heterocycles. The summed E-state index contributed by atoms with van der Waals surface area (Å²) >= 11 is 1.46. The van der Waals surface area contributed by atoms with Crippen molar-refractivity contribution in [1.82, 2.24) is 10.6 Å². The molecule has 0 saturated heterocycles. The average Bonchev–Trinajstić information content (AvgIpc) is 2.43. The molecule has 0 heterocycles. The van der Waals surface area contributed by atoms with Gasteiger partial charge in [-0.25, -0.2) is 0 Å². The van der Waals surface area contributed by atoms with Crippen molar-refractivity contribution in [3.63, 3.8) is 0 Å². The summed E-state index contributed by atoms with van der Waals surface area (Å²) in [6, 6.07) is 9.22. The van der Waals surface area contributed by atoms with Gasteiger partial charge in [0.2, 0.25) is 11.8 Å². The van der Waals surface area contributed by atoms with Crippen LogP contribution in [0.4, 0.5) is 0 Å². The number of rotatable bonds is 7. The molecule has 0 fully saturated rings. The number of benzene rings is 1. The van der Waals surface area contributed by atoms with Gasteiger partial charge in [-0.05, 0) is 25.5 Å². The van der Waals surface area contributed by atoms with Crippen LogP contribution in [0.25, 0.3) is 0 Å². The largest absolute Gasteiger partial charge is 0.354 e. The molecule has 19 heavy (non-hydrogen) atoms. The Labute approximate surface area is 118 Å². The molecule has 104 valence electrons. The third kappa shape index (κ3) is 6.29. The lowest BCUT2D eigenvalue weighted by Gasteiger charge is -2.13. The lowest BCUT2D eigenvalue weighted by molar-refractivity contribution is -0.127. The van der Waals surface area contributed by atoms with E-state index in [0.717, 1.165) is 11.3 Å². The minimum atomic E-state index is -0.490. The molecule has 2 N–H and O–H groups in total. The third-order valence-electron chi connectivity index (χ3n) is 2.43. The van der Waals surface area contributed by atoms with Crippen LogP contribution in [-0.2, 0) is 9.59 Å². The van der Waals surface area contributed by atoms with Gasteiger partial charge in [0.05, 0.1) is 5.75 Å². The van der Waals surface area contributed by atoms with Crippen LogP contribution >= 0.6 is 11.8 Å². The molecule has 4 nitrogen and oxygen atoms in total. The lowest BCUT2D eigenvalue weighted by Crippen LogP contribution is -2.45. The molecule has 0 aliphatic heterocycles. The van der Waals surface area contributed by atoms with Crippen LogP contribution < -0.4 is 10.6 Å². The van der Waals surface area contributed by atoms with Crippen molar-refractivity contribution in [2.45, 2.75) is 31.2 Å². The molecule has 0 spiro atoms. The van der Waals surface area contributed by atoms with Crippen LogP contribution in [0.1, 0.15) is 20.3 Å². The zero-order chi connectivity index (χ0) is 14.1. The van der Waals surface area contributed by atoms with Gasteiger partial charge < -0.3 is 10.6 Å². The average molecular weight is 280 g/mol. The fourth-order valence-electron chi connectivity index (χ4n) is 1.42. The maximum absolute atomic E-state index is 11.7. The first-order valence-corrected chi connectivity index (χ1v) is 7.37. The van der Waals surface area contributed by atoms with Crippen LogP contribution in [0.5, 0.6) is 0 Å². The Morgan fingerprint density at radius 3 is 2.58 bits per heavy atom. The van der Waals surface area contributed by atoms with Crippen molar-refractivity contribution >= 4 is 23.6 Å². The summed E-state index contributed by atoms with van der Waals surface area (Å²) in [7, 11) is 0. The quantitative estimate of drug-likeness (QED) is 0.749. The molecule has 2 amide bonds. The zero-order valence-corrected chi connectivity index (χ0v) is 12.1. The van der Waals surface area contributed by atoms with Gasteiger partial charge in [0.15, 0.2) is 0 Å². The van der Waals surface area contributed by atoms with E-state index in [1.54, 1.807) is 6.92 Å². The first kappa shape index (κ1) is 15.6. The van der Waals surface area contributed by atoms with Crippen LogP contribution in [0.3, 0.4) is 0 Å². The molecule has 0 saturated carbocycles. The minimum absolute atomic E-state index is 0.131. The summed E-state index contributed by atoms with van der Waals surface area (Å²) in [4.78, 5) is 24.3. The SMILES string of the molecule is CCCNC(=O)C(C)NC(=O)CSc1ccccc1. The first-order chi connectivity index (χ1) is 9.13. The minimum Gasteiger partial charge on any atom is -0.354 e. The summed E-state index contributed by atoms with van der Waals surface area (Å²) < 4.78 is 0. The predicted molar refractivity (Wildman–Crippen MR) is 78.1 cm³/mol. The van der Waals surface area contributed by atoms with Crippen molar-refractivity contribution in [2.24, 2.45) is 0 Å². The van der Waals surface area contributed by atoms with Gasteiger partial charge in [0.1, 0.15) is 6.04 Å². The normalized spacial score (nSPS) is 11.7. The van der Waals surface area contributed by atoms with Crippen molar-refractivity contribution in [3.8, 4) is 0 Å². The smallest absolute Gasteiger partial charge is 0.242 e. The number of thioether (sulfide) groups is 1. The zero-order valence-electron chi connectivity index (χ0n) is 11.3. The molecular weight excluding hydrogens is 260 g/mol. The second kappa shape index (κ2) is 8.58. The lowest BCUT2D eigenvalue weighted by atomic mass is 10.3. The summed E-state index contributed by atoms with van der Waals surface area (Å²) in [6.45, 7) is 4.31. The van der Waals surface area contributed by atoms with Gasteiger partial charge in [0, 0.05) is 11.4 Å². The molecule has 1 atom stereocenters. The van der Waals surface area contributed by atoms with Gasteiger partial charge in [0.25, 0.3) is 0 Å². The standard InChI is InChI=1S/C14H20N2O2S/c1-3-9-15-14(18)11(2)16-13(17)10-19-12-7-5-4-6-8-12/h4-8,11H,3,9-10H2,1-2H3,(H,15,18)(H,16,17). The highest BCUT2D eigenvalue weighted by Crippen LogP contribution is 2.16. The molecule has 1 aromatic rings. The Hall–Kier alpha value is -1.49. The molecular formula is C14H20N2O2S. The maximum atomic E-state index is 11.7. The van der Waals surface area contributed by atoms with E-state index in [-0.39, 0.29) is 11.8 Å². The van der Waals surface area contributed by atoms with Gasteiger partial charge >= 0.3 is 0 Å².